The zero-order chi connectivity index (χ0) is 47.3. The fourth-order valence-electron chi connectivity index (χ4n) is 9.37. The topological polar surface area (TPSA) is 71.7 Å². The average Bonchev–Trinajstić information content (AvgIpc) is 3.33. The molecule has 0 radical (unpaired) electrons. The van der Waals surface area contributed by atoms with Gasteiger partial charge in [-0.25, -0.2) is 0 Å². The summed E-state index contributed by atoms with van der Waals surface area (Å²) in [7, 11) is 0. The van der Waals surface area contributed by atoms with Gasteiger partial charge in [0.05, 0.1) is 11.4 Å². The van der Waals surface area contributed by atoms with Crippen LogP contribution in [0.4, 0.5) is 45.5 Å². The summed E-state index contributed by atoms with van der Waals surface area (Å²) in [5, 5.41) is 23.1. The maximum atomic E-state index is 11.5. The maximum absolute atomic E-state index is 11.5. The van der Waals surface area contributed by atoms with Crippen molar-refractivity contribution in [2.24, 2.45) is 9.98 Å². The fraction of sp³-hybridized carbons (Fsp3) is 0.0968. The van der Waals surface area contributed by atoms with Gasteiger partial charge in [-0.2, -0.15) is 0 Å². The molecule has 0 aliphatic rings. The second kappa shape index (κ2) is 21.0. The first-order valence-corrected chi connectivity index (χ1v) is 22.9. The summed E-state index contributed by atoms with van der Waals surface area (Å²) >= 11 is 0. The number of para-hydroxylation sites is 6. The number of rotatable bonds is 12. The van der Waals surface area contributed by atoms with Gasteiger partial charge in [0, 0.05) is 77.7 Å². The molecule has 0 aliphatic heterocycles. The molecule has 0 saturated carbocycles. The second-order valence-electron chi connectivity index (χ2n) is 17.3. The van der Waals surface area contributed by atoms with Crippen molar-refractivity contribution in [1.29, 1.82) is 0 Å². The number of anilines is 6. The zero-order valence-electron chi connectivity index (χ0n) is 39.6. The van der Waals surface area contributed by atoms with Crippen LogP contribution < -0.4 is 9.80 Å². The number of hydrogen-bond donors (Lipinski definition) is 2. The molecule has 0 saturated heterocycles. The third-order valence-electron chi connectivity index (χ3n) is 12.4. The van der Waals surface area contributed by atoms with E-state index in [-0.39, 0.29) is 32.6 Å². The molecule has 9 aromatic carbocycles. The molecule has 9 aromatic rings. The van der Waals surface area contributed by atoms with Gasteiger partial charge in [0.2, 0.25) is 0 Å². The summed E-state index contributed by atoms with van der Waals surface area (Å²) < 4.78 is 0. The van der Waals surface area contributed by atoms with E-state index in [0.29, 0.717) is 33.9 Å². The maximum Gasteiger partial charge on any atom is 0.125 e. The molecule has 0 fully saturated rings. The number of hydrogen-bond acceptors (Lipinski definition) is 6. The minimum absolute atomic E-state index is 0. The van der Waals surface area contributed by atoms with Gasteiger partial charge in [-0.1, -0.05) is 97.1 Å². The van der Waals surface area contributed by atoms with E-state index >= 15 is 0 Å². The van der Waals surface area contributed by atoms with Crippen LogP contribution in [0, 0.1) is 27.7 Å². The van der Waals surface area contributed by atoms with Crippen LogP contribution in [0.25, 0.3) is 22.3 Å². The molecular weight excluding hydrogens is 1030 g/mol. The number of aliphatic imine (C=N–C) groups is 2. The Bertz CT molecular complexity index is 2970. The predicted molar refractivity (Wildman–Crippen MR) is 286 cm³/mol. The molecule has 0 aromatic heterocycles. The third kappa shape index (κ3) is 10.2. The summed E-state index contributed by atoms with van der Waals surface area (Å²) in [5.41, 5.74) is 18.8. The Morgan fingerprint density at radius 2 is 0.623 bits per heavy atom. The number of aromatic hydroxyl groups is 2. The van der Waals surface area contributed by atoms with Crippen LogP contribution >= 0.6 is 0 Å². The molecule has 0 unspecified atom stereocenters. The van der Waals surface area contributed by atoms with Crippen molar-refractivity contribution >= 4 is 56.9 Å². The number of aryl methyl sites for hydroxylation is 4. The number of phenolic OH excluding ortho intramolecular Hbond substituents is 2. The average molecular weight is 1080 g/mol. The smallest absolute Gasteiger partial charge is 0.125 e. The van der Waals surface area contributed by atoms with Crippen LogP contribution in [0.3, 0.4) is 0 Å². The number of phenols is 2. The molecule has 6 nitrogen and oxygen atoms in total. The Kier molecular flexibility index (Phi) is 14.5. The minimum atomic E-state index is 0. The Labute approximate surface area is 420 Å². The SMILES string of the molecule is CC(=Nc1ccccc1N=C(C)c1ccc(-c2c(C)cc(N(c3ccccc3)c3ccccc3)cc2C)cc1O)c1ccc(-c2c(C)cc(N(c3ccccc3)c3ccccc3)cc2C)cc1O.[Pt]. The van der Waals surface area contributed by atoms with Crippen molar-refractivity contribution in [3.05, 3.63) is 240 Å². The van der Waals surface area contributed by atoms with E-state index in [1.54, 1.807) is 0 Å². The normalized spacial score (nSPS) is 11.5. The molecule has 0 bridgehead atoms. The van der Waals surface area contributed by atoms with Crippen LogP contribution in [-0.2, 0) is 21.1 Å². The van der Waals surface area contributed by atoms with E-state index in [4.69, 9.17) is 9.98 Å². The molecule has 0 spiro atoms. The Balaban J connectivity index is 0.00000642. The quantitative estimate of drug-likeness (QED) is 0.120. The summed E-state index contributed by atoms with van der Waals surface area (Å²) in [5.74, 6) is 0.294. The Morgan fingerprint density at radius 1 is 0.348 bits per heavy atom. The number of benzene rings is 9. The molecule has 7 heteroatoms. The standard InChI is InChI=1S/C62H54N4O2.Pt/c1-41-35-53(65(49-21-11-7-12-22-49)50-23-13-8-14-24-50)36-42(2)61(41)47-31-33-55(59(67)39-47)45(5)63-57-29-19-20-30-58(57)64-46(6)56-34-32-48(40-60(56)68)62-43(3)37-54(38-44(62)4)66(51-25-15-9-16-26-51)52-27-17-10-18-28-52;/h7-40,67-68H,1-6H3;. The van der Waals surface area contributed by atoms with E-state index in [1.807, 2.05) is 86.6 Å². The van der Waals surface area contributed by atoms with Crippen molar-refractivity contribution in [2.75, 3.05) is 9.80 Å². The number of nitrogens with zero attached hydrogens (tertiary/aromatic N) is 4. The Hall–Kier alpha value is -7.79. The van der Waals surface area contributed by atoms with Crippen LogP contribution in [0.5, 0.6) is 11.5 Å². The van der Waals surface area contributed by atoms with Gasteiger partial charge in [-0.05, 0) is 195 Å². The first-order valence-electron chi connectivity index (χ1n) is 22.9. The van der Waals surface area contributed by atoms with Crippen LogP contribution in [0.1, 0.15) is 47.2 Å². The zero-order valence-corrected chi connectivity index (χ0v) is 41.9. The van der Waals surface area contributed by atoms with Crippen molar-refractivity contribution in [2.45, 2.75) is 41.5 Å². The molecular formula is C62H54N4O2Pt. The van der Waals surface area contributed by atoms with E-state index in [9.17, 15) is 10.2 Å². The van der Waals surface area contributed by atoms with Crippen molar-refractivity contribution in [3.8, 4) is 33.8 Å². The van der Waals surface area contributed by atoms with Gasteiger partial charge >= 0.3 is 0 Å². The first-order chi connectivity index (χ1) is 33.0. The van der Waals surface area contributed by atoms with Crippen molar-refractivity contribution < 1.29 is 31.3 Å². The summed E-state index contributed by atoms with van der Waals surface area (Å²) in [4.78, 5) is 14.5. The molecule has 0 aliphatic carbocycles. The summed E-state index contributed by atoms with van der Waals surface area (Å²) in [6, 6.07) is 69.7. The van der Waals surface area contributed by atoms with Crippen LogP contribution in [0.2, 0.25) is 0 Å². The molecule has 9 rings (SSSR count). The molecule has 0 amide bonds. The van der Waals surface area contributed by atoms with Gasteiger partial charge in [-0.3, -0.25) is 9.98 Å². The molecule has 344 valence electrons. The minimum Gasteiger partial charge on any atom is -0.507 e. The van der Waals surface area contributed by atoms with E-state index in [0.717, 1.165) is 78.6 Å². The van der Waals surface area contributed by atoms with E-state index in [2.05, 4.69) is 171 Å². The van der Waals surface area contributed by atoms with Gasteiger partial charge < -0.3 is 20.0 Å². The molecule has 2 N–H and O–H groups in total. The Morgan fingerprint density at radius 3 is 0.899 bits per heavy atom. The second-order valence-corrected chi connectivity index (χ2v) is 17.3. The largest absolute Gasteiger partial charge is 0.507 e. The summed E-state index contributed by atoms with van der Waals surface area (Å²) in [6.07, 6.45) is 0. The third-order valence-corrected chi connectivity index (χ3v) is 12.4. The first kappa shape index (κ1) is 47.7. The van der Waals surface area contributed by atoms with Gasteiger partial charge in [-0.15, -0.1) is 0 Å². The molecule has 0 atom stereocenters. The monoisotopic (exact) mass is 1080 g/mol. The van der Waals surface area contributed by atoms with Crippen LogP contribution in [-0.4, -0.2) is 21.6 Å². The van der Waals surface area contributed by atoms with Crippen molar-refractivity contribution in [1.82, 2.24) is 0 Å². The van der Waals surface area contributed by atoms with Crippen LogP contribution in [0.15, 0.2) is 216 Å². The van der Waals surface area contributed by atoms with E-state index < -0.39 is 0 Å². The molecule has 0 heterocycles. The fourth-order valence-corrected chi connectivity index (χ4v) is 9.37. The van der Waals surface area contributed by atoms with Gasteiger partial charge in [0.1, 0.15) is 11.5 Å². The van der Waals surface area contributed by atoms with Crippen molar-refractivity contribution in [3.63, 3.8) is 0 Å². The molecule has 69 heavy (non-hydrogen) atoms. The van der Waals surface area contributed by atoms with Gasteiger partial charge in [0.25, 0.3) is 0 Å². The summed E-state index contributed by atoms with van der Waals surface area (Å²) in [6.45, 7) is 12.3. The van der Waals surface area contributed by atoms with Gasteiger partial charge in [0.15, 0.2) is 0 Å². The predicted octanol–water partition coefficient (Wildman–Crippen LogP) is 16.9. The van der Waals surface area contributed by atoms with E-state index in [1.165, 1.54) is 0 Å².